The summed E-state index contributed by atoms with van der Waals surface area (Å²) in [4.78, 5) is 21.2. The predicted molar refractivity (Wildman–Crippen MR) is 58.7 cm³/mol. The second-order valence-corrected chi connectivity index (χ2v) is 4.69. The van der Waals surface area contributed by atoms with Gasteiger partial charge in [0.2, 0.25) is 15.9 Å². The molecule has 0 heterocycles. The molecule has 0 saturated carbocycles. The fraction of sp³-hybridized carbons (Fsp3) is 0.111. The Morgan fingerprint density at radius 3 is 2.41 bits per heavy atom. The Balaban J connectivity index is 3.00. The highest BCUT2D eigenvalue weighted by molar-refractivity contribution is 7.89. The van der Waals surface area contributed by atoms with Gasteiger partial charge < -0.3 is 10.4 Å². The number of benzene rings is 1. The highest BCUT2D eigenvalue weighted by atomic mass is 32.2. The molecule has 0 saturated heterocycles. The number of carbonyl (C=O) groups is 2. The summed E-state index contributed by atoms with van der Waals surface area (Å²) in [6, 6.07) is 5.46. The second-order valence-electron chi connectivity index (χ2n) is 3.16. The van der Waals surface area contributed by atoms with Crippen LogP contribution in [0.2, 0.25) is 0 Å². The number of aliphatic carboxylic acids is 1. The van der Waals surface area contributed by atoms with Crippen molar-refractivity contribution < 1.29 is 23.1 Å². The zero-order valence-corrected chi connectivity index (χ0v) is 9.40. The molecule has 92 valence electrons. The van der Waals surface area contributed by atoms with Gasteiger partial charge in [0.05, 0.1) is 5.69 Å². The number of carbonyl (C=O) groups excluding carboxylic acids is 1. The lowest BCUT2D eigenvalue weighted by molar-refractivity contribution is -0.139. The summed E-state index contributed by atoms with van der Waals surface area (Å²) in [6.07, 6.45) is -0.751. The summed E-state index contributed by atoms with van der Waals surface area (Å²) >= 11 is 0. The zero-order valence-electron chi connectivity index (χ0n) is 8.58. The van der Waals surface area contributed by atoms with Gasteiger partial charge in [0.15, 0.2) is 0 Å². The molecule has 0 bridgehead atoms. The SMILES string of the molecule is NS(=O)(=O)c1ccccc1NC(=O)CC(=O)O. The van der Waals surface area contributed by atoms with Crippen molar-refractivity contribution in [2.75, 3.05) is 5.32 Å². The van der Waals surface area contributed by atoms with Crippen molar-refractivity contribution in [2.45, 2.75) is 11.3 Å². The lowest BCUT2D eigenvalue weighted by Crippen LogP contribution is -2.20. The van der Waals surface area contributed by atoms with Gasteiger partial charge in [0.25, 0.3) is 0 Å². The molecule has 8 heteroatoms. The maximum atomic E-state index is 11.2. The van der Waals surface area contributed by atoms with E-state index in [-0.39, 0.29) is 10.6 Å². The van der Waals surface area contributed by atoms with E-state index < -0.39 is 28.3 Å². The minimum atomic E-state index is -3.97. The third kappa shape index (κ3) is 3.85. The number of sulfonamides is 1. The number of rotatable bonds is 4. The van der Waals surface area contributed by atoms with E-state index in [1.807, 2.05) is 0 Å². The molecule has 0 spiro atoms. The molecule has 0 radical (unpaired) electrons. The molecule has 4 N–H and O–H groups in total. The highest BCUT2D eigenvalue weighted by Gasteiger charge is 2.16. The van der Waals surface area contributed by atoms with Gasteiger partial charge in [-0.15, -0.1) is 0 Å². The minimum absolute atomic E-state index is 0.0405. The summed E-state index contributed by atoms with van der Waals surface area (Å²) in [5.74, 6) is -2.14. The maximum absolute atomic E-state index is 11.2. The number of carboxylic acids is 1. The quantitative estimate of drug-likeness (QED) is 0.641. The molecule has 1 aromatic carbocycles. The van der Waals surface area contributed by atoms with Crippen molar-refractivity contribution in [1.29, 1.82) is 0 Å². The van der Waals surface area contributed by atoms with Crippen LogP contribution in [0.5, 0.6) is 0 Å². The summed E-state index contributed by atoms with van der Waals surface area (Å²) in [5, 5.41) is 15.5. The van der Waals surface area contributed by atoms with Gasteiger partial charge in [0.1, 0.15) is 11.3 Å². The molecular formula is C9H10N2O5S. The largest absolute Gasteiger partial charge is 0.481 e. The molecule has 0 aromatic heterocycles. The molecule has 7 nitrogen and oxygen atoms in total. The van der Waals surface area contributed by atoms with Crippen LogP contribution in [0.15, 0.2) is 29.2 Å². The standard InChI is InChI=1S/C9H10N2O5S/c10-17(15,16)7-4-2-1-3-6(7)11-8(12)5-9(13)14/h1-4H,5H2,(H,11,12)(H,13,14)(H2,10,15,16). The van der Waals surface area contributed by atoms with E-state index in [0.29, 0.717) is 0 Å². The van der Waals surface area contributed by atoms with Crippen LogP contribution in [-0.2, 0) is 19.6 Å². The van der Waals surface area contributed by atoms with Crippen LogP contribution in [0.3, 0.4) is 0 Å². The van der Waals surface area contributed by atoms with Crippen LogP contribution in [-0.4, -0.2) is 25.4 Å². The van der Waals surface area contributed by atoms with Crippen LogP contribution in [0, 0.1) is 0 Å². The van der Waals surface area contributed by atoms with Gasteiger partial charge in [-0.25, -0.2) is 13.6 Å². The average molecular weight is 258 g/mol. The number of carboxylic acid groups (broad SMARTS) is 1. The van der Waals surface area contributed by atoms with Crippen LogP contribution < -0.4 is 10.5 Å². The Kier molecular flexibility index (Phi) is 3.81. The Labute approximate surface area is 97.3 Å². The molecule has 0 fully saturated rings. The lowest BCUT2D eigenvalue weighted by Gasteiger charge is -2.08. The fourth-order valence-corrected chi connectivity index (χ4v) is 1.84. The molecule has 0 aliphatic heterocycles. The van der Waals surface area contributed by atoms with E-state index >= 15 is 0 Å². The molecule has 1 amide bonds. The van der Waals surface area contributed by atoms with Crippen molar-refractivity contribution in [3.05, 3.63) is 24.3 Å². The van der Waals surface area contributed by atoms with E-state index in [1.54, 1.807) is 0 Å². The summed E-state index contributed by atoms with van der Waals surface area (Å²) < 4.78 is 22.3. The van der Waals surface area contributed by atoms with Crippen LogP contribution in [0.1, 0.15) is 6.42 Å². The molecule has 1 aromatic rings. The monoisotopic (exact) mass is 258 g/mol. The Bertz CT molecular complexity index is 552. The number of nitrogens with one attached hydrogen (secondary N) is 1. The summed E-state index contributed by atoms with van der Waals surface area (Å²) in [5.41, 5.74) is -0.0405. The summed E-state index contributed by atoms with van der Waals surface area (Å²) in [7, 11) is -3.97. The first-order chi connectivity index (χ1) is 7.80. The van der Waals surface area contributed by atoms with Crippen molar-refractivity contribution in [2.24, 2.45) is 5.14 Å². The van der Waals surface area contributed by atoms with E-state index in [1.165, 1.54) is 24.3 Å². The molecule has 0 atom stereocenters. The first-order valence-corrected chi connectivity index (χ1v) is 5.99. The topological polar surface area (TPSA) is 127 Å². The molecular weight excluding hydrogens is 248 g/mol. The Morgan fingerprint density at radius 2 is 1.88 bits per heavy atom. The Hall–Kier alpha value is -1.93. The zero-order chi connectivity index (χ0) is 13.1. The lowest BCUT2D eigenvalue weighted by atomic mass is 10.3. The number of nitrogens with two attached hydrogens (primary N) is 1. The van der Waals surface area contributed by atoms with E-state index in [2.05, 4.69) is 5.32 Å². The first kappa shape index (κ1) is 13.1. The smallest absolute Gasteiger partial charge is 0.312 e. The predicted octanol–water partition coefficient (Wildman–Crippen LogP) is -0.253. The van der Waals surface area contributed by atoms with Gasteiger partial charge in [-0.1, -0.05) is 12.1 Å². The first-order valence-electron chi connectivity index (χ1n) is 4.44. The van der Waals surface area contributed by atoms with Crippen molar-refractivity contribution in [3.8, 4) is 0 Å². The third-order valence-corrected chi connectivity index (χ3v) is 2.75. The fourth-order valence-electron chi connectivity index (χ4n) is 1.15. The van der Waals surface area contributed by atoms with Crippen molar-refractivity contribution in [3.63, 3.8) is 0 Å². The van der Waals surface area contributed by atoms with Crippen LogP contribution in [0.4, 0.5) is 5.69 Å². The van der Waals surface area contributed by atoms with E-state index in [0.717, 1.165) is 0 Å². The molecule has 0 aliphatic carbocycles. The molecule has 17 heavy (non-hydrogen) atoms. The van der Waals surface area contributed by atoms with E-state index in [4.69, 9.17) is 10.2 Å². The molecule has 0 unspecified atom stereocenters. The summed E-state index contributed by atoms with van der Waals surface area (Å²) in [6.45, 7) is 0. The minimum Gasteiger partial charge on any atom is -0.481 e. The van der Waals surface area contributed by atoms with E-state index in [9.17, 15) is 18.0 Å². The van der Waals surface area contributed by atoms with Crippen LogP contribution in [0.25, 0.3) is 0 Å². The van der Waals surface area contributed by atoms with Crippen molar-refractivity contribution in [1.82, 2.24) is 0 Å². The molecule has 1 rings (SSSR count). The van der Waals surface area contributed by atoms with Gasteiger partial charge in [-0.05, 0) is 12.1 Å². The number of hydrogen-bond acceptors (Lipinski definition) is 4. The number of hydrogen-bond donors (Lipinski definition) is 3. The number of para-hydroxylation sites is 1. The van der Waals surface area contributed by atoms with Crippen LogP contribution >= 0.6 is 0 Å². The van der Waals surface area contributed by atoms with Gasteiger partial charge >= 0.3 is 5.97 Å². The molecule has 0 aliphatic rings. The van der Waals surface area contributed by atoms with Gasteiger partial charge in [-0.2, -0.15) is 0 Å². The third-order valence-electron chi connectivity index (χ3n) is 1.78. The number of amides is 1. The van der Waals surface area contributed by atoms with Gasteiger partial charge in [0, 0.05) is 0 Å². The average Bonchev–Trinajstić information content (AvgIpc) is 2.15. The van der Waals surface area contributed by atoms with Crippen molar-refractivity contribution >= 4 is 27.6 Å². The maximum Gasteiger partial charge on any atom is 0.312 e. The van der Waals surface area contributed by atoms with Gasteiger partial charge in [-0.3, -0.25) is 9.59 Å². The second kappa shape index (κ2) is 4.93. The number of primary sulfonamides is 1. The number of anilines is 1. The Morgan fingerprint density at radius 1 is 1.29 bits per heavy atom. The normalized spacial score (nSPS) is 10.9. The highest BCUT2D eigenvalue weighted by Crippen LogP contribution is 2.19.